The summed E-state index contributed by atoms with van der Waals surface area (Å²) in [5.41, 5.74) is 4.19. The molecule has 3 rings (SSSR count). The van der Waals surface area contributed by atoms with E-state index in [1.165, 1.54) is 0 Å². The Balaban J connectivity index is 1.82. The van der Waals surface area contributed by atoms with E-state index in [0.717, 1.165) is 22.6 Å². The number of carboxylic acids is 1. The van der Waals surface area contributed by atoms with Crippen LogP contribution in [0, 0.1) is 13.8 Å². The molecule has 0 bridgehead atoms. The number of ether oxygens (including phenoxy) is 1. The predicted octanol–water partition coefficient (Wildman–Crippen LogP) is 2.76. The number of aryl methyl sites for hydroxylation is 1. The molecule has 1 aromatic carbocycles. The molecule has 1 aliphatic heterocycles. The maximum atomic E-state index is 12.9. The van der Waals surface area contributed by atoms with Crippen molar-refractivity contribution < 1.29 is 19.4 Å². The molecule has 2 unspecified atom stereocenters. The fourth-order valence-corrected chi connectivity index (χ4v) is 3.82. The van der Waals surface area contributed by atoms with E-state index >= 15 is 0 Å². The van der Waals surface area contributed by atoms with Gasteiger partial charge in [-0.25, -0.2) is 4.68 Å². The van der Waals surface area contributed by atoms with E-state index < -0.39 is 5.97 Å². The van der Waals surface area contributed by atoms with Gasteiger partial charge in [-0.1, -0.05) is 0 Å². The molecule has 2 heterocycles. The number of carbonyl (C=O) groups excluding carboxylic acids is 1. The summed E-state index contributed by atoms with van der Waals surface area (Å²) in [7, 11) is 0. The first-order valence-corrected chi connectivity index (χ1v) is 9.57. The second-order valence-corrected chi connectivity index (χ2v) is 7.45. The molecule has 0 spiro atoms. The fraction of sp³-hybridized carbons (Fsp3) is 0.476. The summed E-state index contributed by atoms with van der Waals surface area (Å²) in [5, 5.41) is 13.5. The van der Waals surface area contributed by atoms with Crippen LogP contribution in [0.5, 0.6) is 0 Å². The lowest BCUT2D eigenvalue weighted by Gasteiger charge is -2.38. The molecule has 1 N–H and O–H groups in total. The minimum atomic E-state index is -0.819. The van der Waals surface area contributed by atoms with Crippen molar-refractivity contribution in [2.75, 3.05) is 13.2 Å². The summed E-state index contributed by atoms with van der Waals surface area (Å²) in [4.78, 5) is 25.7. The van der Waals surface area contributed by atoms with Gasteiger partial charge in [-0.2, -0.15) is 5.10 Å². The van der Waals surface area contributed by atoms with Crippen molar-refractivity contribution in [2.24, 2.45) is 0 Å². The molecule has 1 aliphatic rings. The number of amides is 1. The zero-order chi connectivity index (χ0) is 20.4. The molecule has 2 aromatic rings. The normalized spacial score (nSPS) is 19.6. The Kier molecular flexibility index (Phi) is 5.84. The number of hydrogen-bond acceptors (Lipinski definition) is 4. The Morgan fingerprint density at radius 1 is 1.14 bits per heavy atom. The van der Waals surface area contributed by atoms with Gasteiger partial charge in [-0.15, -0.1) is 0 Å². The smallest absolute Gasteiger partial charge is 0.303 e. The lowest BCUT2D eigenvalue weighted by Crippen LogP contribution is -2.52. The van der Waals surface area contributed by atoms with E-state index in [0.29, 0.717) is 25.2 Å². The van der Waals surface area contributed by atoms with Crippen LogP contribution < -0.4 is 0 Å². The van der Waals surface area contributed by atoms with Crippen LogP contribution in [-0.4, -0.2) is 57.0 Å². The average molecular weight is 385 g/mol. The van der Waals surface area contributed by atoms with Crippen molar-refractivity contribution in [3.8, 4) is 5.69 Å². The Hall–Kier alpha value is -2.67. The van der Waals surface area contributed by atoms with Crippen LogP contribution in [0.4, 0.5) is 0 Å². The van der Waals surface area contributed by atoms with Gasteiger partial charge in [-0.3, -0.25) is 9.59 Å². The first-order chi connectivity index (χ1) is 13.3. The van der Waals surface area contributed by atoms with Gasteiger partial charge < -0.3 is 14.7 Å². The number of aromatic nitrogens is 2. The molecule has 0 aliphatic carbocycles. The van der Waals surface area contributed by atoms with Gasteiger partial charge in [0.05, 0.1) is 36.7 Å². The Labute approximate surface area is 164 Å². The SMILES string of the molecule is Cc1nn(-c2ccc(C(=O)N3C(C)COCC3C)cc2)c(C)c1CCC(=O)O. The number of aliphatic carboxylic acids is 1. The molecule has 150 valence electrons. The standard InChI is InChI=1S/C21H27N3O4/c1-13-11-28-12-14(2)23(13)21(27)17-5-7-18(8-6-17)24-16(4)19(15(3)22-24)9-10-20(25)26/h5-8,13-14H,9-12H2,1-4H3,(H,25,26). The lowest BCUT2D eigenvalue weighted by molar-refractivity contribution is -0.136. The van der Waals surface area contributed by atoms with Crippen LogP contribution >= 0.6 is 0 Å². The van der Waals surface area contributed by atoms with Crippen molar-refractivity contribution in [1.29, 1.82) is 0 Å². The molecule has 1 aromatic heterocycles. The second-order valence-electron chi connectivity index (χ2n) is 7.45. The summed E-state index contributed by atoms with van der Waals surface area (Å²) >= 11 is 0. The minimum Gasteiger partial charge on any atom is -0.481 e. The predicted molar refractivity (Wildman–Crippen MR) is 105 cm³/mol. The van der Waals surface area contributed by atoms with Crippen molar-refractivity contribution in [3.63, 3.8) is 0 Å². The quantitative estimate of drug-likeness (QED) is 0.855. The van der Waals surface area contributed by atoms with Gasteiger partial charge in [0.25, 0.3) is 5.91 Å². The first-order valence-electron chi connectivity index (χ1n) is 9.57. The van der Waals surface area contributed by atoms with Crippen LogP contribution in [-0.2, 0) is 16.0 Å². The van der Waals surface area contributed by atoms with Gasteiger partial charge in [0.15, 0.2) is 0 Å². The van der Waals surface area contributed by atoms with E-state index in [2.05, 4.69) is 5.10 Å². The summed E-state index contributed by atoms with van der Waals surface area (Å²) in [6.07, 6.45) is 0.535. The van der Waals surface area contributed by atoms with Crippen LogP contribution in [0.25, 0.3) is 5.69 Å². The number of carbonyl (C=O) groups is 2. The molecule has 7 nitrogen and oxygen atoms in total. The first kappa shape index (κ1) is 20.1. The monoisotopic (exact) mass is 385 g/mol. The van der Waals surface area contributed by atoms with Crippen LogP contribution in [0.1, 0.15) is 47.6 Å². The third-order valence-corrected chi connectivity index (χ3v) is 5.29. The molecule has 7 heteroatoms. The van der Waals surface area contributed by atoms with E-state index in [1.807, 2.05) is 56.9 Å². The second kappa shape index (κ2) is 8.14. The third-order valence-electron chi connectivity index (χ3n) is 5.29. The number of hydrogen-bond donors (Lipinski definition) is 1. The lowest BCUT2D eigenvalue weighted by atomic mass is 10.1. The maximum Gasteiger partial charge on any atom is 0.303 e. The van der Waals surface area contributed by atoms with Gasteiger partial charge in [0.2, 0.25) is 0 Å². The number of morpholine rings is 1. The number of carboxylic acid groups (broad SMARTS) is 1. The van der Waals surface area contributed by atoms with Gasteiger partial charge in [0.1, 0.15) is 0 Å². The van der Waals surface area contributed by atoms with E-state index in [9.17, 15) is 9.59 Å². The Morgan fingerprint density at radius 2 is 1.75 bits per heavy atom. The highest BCUT2D eigenvalue weighted by Crippen LogP contribution is 2.22. The van der Waals surface area contributed by atoms with E-state index in [1.54, 1.807) is 4.68 Å². The fourth-order valence-electron chi connectivity index (χ4n) is 3.82. The van der Waals surface area contributed by atoms with Crippen molar-refractivity contribution in [3.05, 3.63) is 46.8 Å². The number of benzene rings is 1. The highest BCUT2D eigenvalue weighted by atomic mass is 16.5. The highest BCUT2D eigenvalue weighted by molar-refractivity contribution is 5.94. The molecular weight excluding hydrogens is 358 g/mol. The topological polar surface area (TPSA) is 84.7 Å². The van der Waals surface area contributed by atoms with Crippen LogP contribution in [0.15, 0.2) is 24.3 Å². The Bertz CT molecular complexity index is 863. The summed E-state index contributed by atoms with van der Waals surface area (Å²) < 4.78 is 7.31. The van der Waals surface area contributed by atoms with E-state index in [-0.39, 0.29) is 24.4 Å². The number of rotatable bonds is 5. The largest absolute Gasteiger partial charge is 0.481 e. The molecule has 0 radical (unpaired) electrons. The van der Waals surface area contributed by atoms with Crippen molar-refractivity contribution in [1.82, 2.24) is 14.7 Å². The van der Waals surface area contributed by atoms with Crippen LogP contribution in [0.2, 0.25) is 0 Å². The zero-order valence-corrected chi connectivity index (χ0v) is 16.8. The molecule has 1 saturated heterocycles. The minimum absolute atomic E-state index is 0.00497. The molecule has 0 saturated carbocycles. The third kappa shape index (κ3) is 3.94. The summed E-state index contributed by atoms with van der Waals surface area (Å²) in [5.74, 6) is -0.814. The average Bonchev–Trinajstić information content (AvgIpc) is 2.93. The summed E-state index contributed by atoms with van der Waals surface area (Å²) in [6, 6.07) is 7.49. The van der Waals surface area contributed by atoms with Gasteiger partial charge in [-0.05, 0) is 63.9 Å². The molecule has 2 atom stereocenters. The van der Waals surface area contributed by atoms with Gasteiger partial charge in [0, 0.05) is 17.7 Å². The van der Waals surface area contributed by atoms with Gasteiger partial charge >= 0.3 is 5.97 Å². The Morgan fingerprint density at radius 3 is 2.32 bits per heavy atom. The highest BCUT2D eigenvalue weighted by Gasteiger charge is 2.30. The summed E-state index contributed by atoms with van der Waals surface area (Å²) in [6.45, 7) is 8.93. The molecular formula is C21H27N3O4. The zero-order valence-electron chi connectivity index (χ0n) is 16.8. The molecule has 1 fully saturated rings. The molecule has 28 heavy (non-hydrogen) atoms. The number of nitrogens with zero attached hydrogens (tertiary/aromatic N) is 3. The van der Waals surface area contributed by atoms with E-state index in [4.69, 9.17) is 9.84 Å². The van der Waals surface area contributed by atoms with Crippen molar-refractivity contribution >= 4 is 11.9 Å². The maximum absolute atomic E-state index is 12.9. The molecule has 1 amide bonds. The van der Waals surface area contributed by atoms with Crippen molar-refractivity contribution in [2.45, 2.75) is 52.6 Å². The van der Waals surface area contributed by atoms with Crippen LogP contribution in [0.3, 0.4) is 0 Å².